The van der Waals surface area contributed by atoms with Crippen molar-refractivity contribution in [3.05, 3.63) is 65.2 Å². The number of sulfonamides is 1. The number of fused-ring (bicyclic) bond motifs is 1. The summed E-state index contributed by atoms with van der Waals surface area (Å²) in [7, 11) is 0.724. The Labute approximate surface area is 198 Å². The van der Waals surface area contributed by atoms with Crippen LogP contribution in [0.15, 0.2) is 48.5 Å². The monoisotopic (exact) mass is 466 g/mol. The molecule has 1 fully saturated rings. The van der Waals surface area contributed by atoms with Gasteiger partial charge in [0.1, 0.15) is 0 Å². The van der Waals surface area contributed by atoms with E-state index in [0.717, 1.165) is 48.1 Å². The number of Topliss-reactive ketones (excluding diaryl/α,β-unsaturated/α-hetero) is 1. The summed E-state index contributed by atoms with van der Waals surface area (Å²) in [5.74, 6) is 0.631. The van der Waals surface area contributed by atoms with Crippen LogP contribution in [0.4, 0.5) is 0 Å². The van der Waals surface area contributed by atoms with Crippen LogP contribution in [0, 0.1) is 5.92 Å². The van der Waals surface area contributed by atoms with Gasteiger partial charge in [-0.3, -0.25) is 4.79 Å². The molecule has 176 valence electrons. The van der Waals surface area contributed by atoms with E-state index in [1.54, 1.807) is 11.2 Å². The maximum absolute atomic E-state index is 12.8. The van der Waals surface area contributed by atoms with Gasteiger partial charge < -0.3 is 4.90 Å². The van der Waals surface area contributed by atoms with Crippen LogP contribution < -0.4 is 0 Å². The smallest absolute Gasteiger partial charge is 0.214 e. The van der Waals surface area contributed by atoms with E-state index < -0.39 is 10.0 Å². The first kappa shape index (κ1) is 23.9. The van der Waals surface area contributed by atoms with Crippen molar-refractivity contribution in [1.29, 1.82) is 0 Å². The first-order valence-electron chi connectivity index (χ1n) is 11.8. The minimum Gasteiger partial charge on any atom is -0.309 e. The predicted molar refractivity (Wildman–Crippen MR) is 135 cm³/mol. The van der Waals surface area contributed by atoms with Crippen molar-refractivity contribution >= 4 is 21.4 Å². The van der Waals surface area contributed by atoms with Crippen molar-refractivity contribution in [3.63, 3.8) is 0 Å². The molecule has 1 saturated heterocycles. The summed E-state index contributed by atoms with van der Waals surface area (Å²) in [5, 5.41) is 0. The van der Waals surface area contributed by atoms with Crippen molar-refractivity contribution in [3.8, 4) is 11.1 Å². The fourth-order valence-corrected chi connectivity index (χ4v) is 6.63. The average molecular weight is 467 g/mol. The van der Waals surface area contributed by atoms with Gasteiger partial charge in [0, 0.05) is 18.7 Å². The fourth-order valence-electron chi connectivity index (χ4n) is 5.11. The van der Waals surface area contributed by atoms with Crippen LogP contribution in [0.25, 0.3) is 16.7 Å². The number of rotatable bonds is 8. The molecule has 5 nitrogen and oxygen atoms in total. The number of allylic oxidation sites excluding steroid dienone is 2. The average Bonchev–Trinajstić information content (AvgIpc) is 3.22. The van der Waals surface area contributed by atoms with Gasteiger partial charge >= 0.3 is 0 Å². The Morgan fingerprint density at radius 1 is 1.06 bits per heavy atom. The van der Waals surface area contributed by atoms with Gasteiger partial charge in [0.25, 0.3) is 0 Å². The van der Waals surface area contributed by atoms with Crippen LogP contribution in [0.1, 0.15) is 47.7 Å². The fraction of sp³-hybridized carbons (Fsp3) is 0.444. The largest absolute Gasteiger partial charge is 0.309 e. The number of benzene rings is 2. The van der Waals surface area contributed by atoms with Gasteiger partial charge in [-0.05, 0) is 99.1 Å². The second-order valence-electron chi connectivity index (χ2n) is 9.48. The van der Waals surface area contributed by atoms with Crippen molar-refractivity contribution in [1.82, 2.24) is 9.21 Å². The lowest BCUT2D eigenvalue weighted by Crippen LogP contribution is -2.40. The highest BCUT2D eigenvalue weighted by atomic mass is 32.2. The van der Waals surface area contributed by atoms with Crippen LogP contribution >= 0.6 is 0 Å². The third-order valence-electron chi connectivity index (χ3n) is 6.87. The molecule has 4 rings (SSSR count). The maximum Gasteiger partial charge on any atom is 0.214 e. The second-order valence-corrected chi connectivity index (χ2v) is 11.6. The van der Waals surface area contributed by atoms with Crippen LogP contribution in [0.3, 0.4) is 0 Å². The van der Waals surface area contributed by atoms with Gasteiger partial charge in [0.2, 0.25) is 10.0 Å². The summed E-state index contributed by atoms with van der Waals surface area (Å²) in [6.07, 6.45) is 5.34. The zero-order valence-corrected chi connectivity index (χ0v) is 20.7. The van der Waals surface area contributed by atoms with E-state index in [1.807, 2.05) is 43.3 Å². The SMILES string of the molecule is CC(=O)c1cc(-c2ccccc2)cc2c1CC=C2C1CCN(S(=O)(=O)CCCN(C)C)CC1. The Balaban J connectivity index is 1.52. The molecule has 0 N–H and O–H groups in total. The highest BCUT2D eigenvalue weighted by Gasteiger charge is 2.32. The molecule has 2 aromatic carbocycles. The lowest BCUT2D eigenvalue weighted by atomic mass is 9.84. The quantitative estimate of drug-likeness (QED) is 0.538. The number of hydrogen-bond acceptors (Lipinski definition) is 4. The standard InChI is InChI=1S/C27H34N2O3S/c1-20(30)26-18-23(21-8-5-4-6-9-21)19-27-24(10-11-25(26)27)22-12-15-29(16-13-22)33(31,32)17-7-14-28(2)3/h4-6,8-10,18-19,22H,7,11-17H2,1-3H3. The second kappa shape index (κ2) is 9.92. The van der Waals surface area contributed by atoms with E-state index in [9.17, 15) is 13.2 Å². The molecule has 0 spiro atoms. The summed E-state index contributed by atoms with van der Waals surface area (Å²) >= 11 is 0. The molecule has 6 heteroatoms. The maximum atomic E-state index is 12.8. The van der Waals surface area contributed by atoms with Gasteiger partial charge in [-0.2, -0.15) is 0 Å². The van der Waals surface area contributed by atoms with Crippen LogP contribution in [0.2, 0.25) is 0 Å². The summed E-state index contributed by atoms with van der Waals surface area (Å²) in [6, 6.07) is 14.4. The van der Waals surface area contributed by atoms with E-state index >= 15 is 0 Å². The van der Waals surface area contributed by atoms with Gasteiger partial charge in [0.15, 0.2) is 5.78 Å². The predicted octanol–water partition coefficient (Wildman–Crippen LogP) is 4.49. The molecule has 1 heterocycles. The number of carbonyl (C=O) groups is 1. The molecule has 0 unspecified atom stereocenters. The van der Waals surface area contributed by atoms with E-state index in [2.05, 4.69) is 24.3 Å². The zero-order chi connectivity index (χ0) is 23.6. The van der Waals surface area contributed by atoms with Crippen LogP contribution in [-0.2, 0) is 16.4 Å². The van der Waals surface area contributed by atoms with Crippen molar-refractivity contribution in [2.24, 2.45) is 5.92 Å². The van der Waals surface area contributed by atoms with E-state index in [0.29, 0.717) is 25.4 Å². The Hall–Kier alpha value is -2.28. The van der Waals surface area contributed by atoms with E-state index in [-0.39, 0.29) is 11.5 Å². The van der Waals surface area contributed by atoms with E-state index in [1.165, 1.54) is 11.1 Å². The summed E-state index contributed by atoms with van der Waals surface area (Å²) in [5.41, 5.74) is 6.55. The minimum absolute atomic E-state index is 0.0947. The molecule has 0 amide bonds. The van der Waals surface area contributed by atoms with Crippen LogP contribution in [0.5, 0.6) is 0 Å². The Morgan fingerprint density at radius 2 is 1.76 bits per heavy atom. The summed E-state index contributed by atoms with van der Waals surface area (Å²) in [4.78, 5) is 14.5. The first-order chi connectivity index (χ1) is 15.8. The van der Waals surface area contributed by atoms with Crippen molar-refractivity contribution in [2.75, 3.05) is 39.5 Å². The lowest BCUT2D eigenvalue weighted by molar-refractivity contribution is 0.101. The van der Waals surface area contributed by atoms with E-state index in [4.69, 9.17) is 0 Å². The zero-order valence-electron chi connectivity index (χ0n) is 19.9. The molecular formula is C27H34N2O3S. The Kier molecular flexibility index (Phi) is 7.17. The first-order valence-corrected chi connectivity index (χ1v) is 13.4. The number of hydrogen-bond donors (Lipinski definition) is 0. The molecule has 0 aromatic heterocycles. The Morgan fingerprint density at radius 3 is 2.39 bits per heavy atom. The lowest BCUT2D eigenvalue weighted by Gasteiger charge is -2.32. The topological polar surface area (TPSA) is 57.7 Å². The molecule has 0 atom stereocenters. The third kappa shape index (κ3) is 5.29. The minimum atomic E-state index is -3.20. The molecule has 1 aliphatic heterocycles. The molecule has 2 aliphatic rings. The normalized spacial score (nSPS) is 17.3. The number of carbonyl (C=O) groups excluding carboxylic acids is 1. The number of ketones is 1. The molecule has 1 aliphatic carbocycles. The molecule has 0 radical (unpaired) electrons. The Bertz CT molecular complexity index is 1150. The molecule has 0 bridgehead atoms. The summed E-state index contributed by atoms with van der Waals surface area (Å²) < 4.78 is 27.2. The van der Waals surface area contributed by atoms with Crippen LogP contribution in [-0.4, -0.2) is 62.9 Å². The highest BCUT2D eigenvalue weighted by Crippen LogP contribution is 2.41. The molecule has 33 heavy (non-hydrogen) atoms. The molecular weight excluding hydrogens is 432 g/mol. The third-order valence-corrected chi connectivity index (χ3v) is 8.82. The molecule has 0 saturated carbocycles. The van der Waals surface area contributed by atoms with Gasteiger partial charge in [-0.25, -0.2) is 12.7 Å². The number of piperidine rings is 1. The van der Waals surface area contributed by atoms with Crippen molar-refractivity contribution in [2.45, 2.75) is 32.6 Å². The van der Waals surface area contributed by atoms with Gasteiger partial charge in [-0.1, -0.05) is 36.4 Å². The van der Waals surface area contributed by atoms with Gasteiger partial charge in [0.05, 0.1) is 5.75 Å². The summed E-state index contributed by atoms with van der Waals surface area (Å²) in [6.45, 7) is 3.56. The number of nitrogens with zero attached hydrogens (tertiary/aromatic N) is 2. The van der Waals surface area contributed by atoms with Crippen molar-refractivity contribution < 1.29 is 13.2 Å². The molecule has 2 aromatic rings. The van der Waals surface area contributed by atoms with Gasteiger partial charge in [-0.15, -0.1) is 0 Å². The highest BCUT2D eigenvalue weighted by molar-refractivity contribution is 7.89.